The third-order valence-corrected chi connectivity index (χ3v) is 3.97. The normalized spacial score (nSPS) is 14.0. The maximum Gasteiger partial charge on any atom is 0.408 e. The lowest BCUT2D eigenvalue weighted by Crippen LogP contribution is -2.46. The minimum atomic E-state index is -0.818. The molecule has 0 radical (unpaired) electrons. The highest BCUT2D eigenvalue weighted by Crippen LogP contribution is 2.17. The first-order valence-corrected chi connectivity index (χ1v) is 7.90. The van der Waals surface area contributed by atoms with Crippen LogP contribution in [0.1, 0.15) is 33.6 Å². The second-order valence-corrected chi connectivity index (χ2v) is 7.22. The first kappa shape index (κ1) is 19.4. The summed E-state index contributed by atoms with van der Waals surface area (Å²) in [4.78, 5) is 34.7. The molecule has 2 atom stereocenters. The molecule has 0 aromatic carbocycles. The van der Waals surface area contributed by atoms with Crippen LogP contribution in [0.5, 0.6) is 0 Å². The number of amides is 1. The van der Waals surface area contributed by atoms with Gasteiger partial charge in [0, 0.05) is 16.7 Å². The molecule has 0 aliphatic heterocycles. The van der Waals surface area contributed by atoms with Crippen LogP contribution in [0.2, 0.25) is 5.54 Å². The molecule has 0 aliphatic rings. The van der Waals surface area contributed by atoms with E-state index in [0.29, 0.717) is 16.7 Å². The highest BCUT2D eigenvalue weighted by Gasteiger charge is 2.30. The number of ether oxygens (including phenoxy) is 3. The van der Waals surface area contributed by atoms with Gasteiger partial charge in [-0.25, -0.2) is 9.59 Å². The summed E-state index contributed by atoms with van der Waals surface area (Å²) in [7, 11) is 3.16. The van der Waals surface area contributed by atoms with Crippen molar-refractivity contribution in [2.75, 3.05) is 14.2 Å². The summed E-state index contributed by atoms with van der Waals surface area (Å²) in [6.45, 7) is 5.19. The Labute approximate surface area is 128 Å². The second kappa shape index (κ2) is 8.66. The van der Waals surface area contributed by atoms with Crippen LogP contribution in [0, 0.1) is 0 Å². The van der Waals surface area contributed by atoms with E-state index in [-0.39, 0.29) is 17.9 Å². The van der Waals surface area contributed by atoms with Crippen LogP contribution >= 0.6 is 0 Å². The van der Waals surface area contributed by atoms with Crippen molar-refractivity contribution in [1.82, 2.24) is 5.32 Å². The van der Waals surface area contributed by atoms with Gasteiger partial charge in [0.2, 0.25) is 0 Å². The smallest absolute Gasteiger partial charge is 0.408 e. The van der Waals surface area contributed by atoms with Crippen molar-refractivity contribution < 1.29 is 28.6 Å². The van der Waals surface area contributed by atoms with E-state index in [1.54, 1.807) is 20.8 Å². The fraction of sp³-hybridized carbons (Fsp3) is 0.769. The molecule has 0 fully saturated rings. The van der Waals surface area contributed by atoms with Gasteiger partial charge in [-0.3, -0.25) is 4.79 Å². The van der Waals surface area contributed by atoms with Gasteiger partial charge in [-0.15, -0.1) is 0 Å². The molecule has 7 nitrogen and oxygen atoms in total. The molecule has 0 aliphatic carbocycles. The zero-order valence-electron chi connectivity index (χ0n) is 13.5. The molecule has 0 bridgehead atoms. The Morgan fingerprint density at radius 2 is 1.71 bits per heavy atom. The molecular formula is C13H25NO6Si. The number of nitrogens with one attached hydrogen (secondary N) is 1. The van der Waals surface area contributed by atoms with Crippen LogP contribution in [0.25, 0.3) is 0 Å². The summed E-state index contributed by atoms with van der Waals surface area (Å²) < 4.78 is 14.4. The Kier molecular flexibility index (Phi) is 8.01. The Balaban J connectivity index is 4.68. The molecule has 1 unspecified atom stereocenters. The molecule has 21 heavy (non-hydrogen) atoms. The molecule has 0 saturated heterocycles. The largest absolute Gasteiger partial charge is 0.469 e. The van der Waals surface area contributed by atoms with Crippen molar-refractivity contribution in [3.8, 4) is 0 Å². The number of hydrogen-bond acceptors (Lipinski definition) is 6. The van der Waals surface area contributed by atoms with Crippen molar-refractivity contribution in [3.63, 3.8) is 0 Å². The fourth-order valence-corrected chi connectivity index (χ4v) is 2.34. The third kappa shape index (κ3) is 8.33. The van der Waals surface area contributed by atoms with Crippen molar-refractivity contribution in [2.45, 2.75) is 50.8 Å². The monoisotopic (exact) mass is 319 g/mol. The molecule has 8 heteroatoms. The summed E-state index contributed by atoms with van der Waals surface area (Å²) in [5, 5.41) is 2.51. The van der Waals surface area contributed by atoms with E-state index in [9.17, 15) is 14.4 Å². The van der Waals surface area contributed by atoms with Gasteiger partial charge in [0.25, 0.3) is 0 Å². The van der Waals surface area contributed by atoms with Gasteiger partial charge in [-0.05, 0) is 32.7 Å². The van der Waals surface area contributed by atoms with E-state index in [1.807, 2.05) is 0 Å². The maximum atomic E-state index is 11.8. The lowest BCUT2D eigenvalue weighted by Gasteiger charge is -2.25. The number of hydrogen-bond donors (Lipinski definition) is 1. The van der Waals surface area contributed by atoms with Crippen molar-refractivity contribution in [2.24, 2.45) is 0 Å². The van der Waals surface area contributed by atoms with E-state index in [4.69, 9.17) is 9.47 Å². The van der Waals surface area contributed by atoms with Crippen LogP contribution in [-0.2, 0) is 23.8 Å². The van der Waals surface area contributed by atoms with Crippen LogP contribution in [0.3, 0.4) is 0 Å². The molecular weight excluding hydrogens is 294 g/mol. The van der Waals surface area contributed by atoms with E-state index < -0.39 is 23.7 Å². The summed E-state index contributed by atoms with van der Waals surface area (Å²) >= 11 is 0. The van der Waals surface area contributed by atoms with Crippen molar-refractivity contribution in [1.29, 1.82) is 0 Å². The van der Waals surface area contributed by atoms with Crippen LogP contribution in [0.4, 0.5) is 4.79 Å². The quantitative estimate of drug-likeness (QED) is 0.426. The van der Waals surface area contributed by atoms with Crippen LogP contribution in [0.15, 0.2) is 0 Å². The lowest BCUT2D eigenvalue weighted by atomic mass is 10.1. The molecule has 1 amide bonds. The molecule has 0 saturated carbocycles. The lowest BCUT2D eigenvalue weighted by molar-refractivity contribution is -0.144. The molecule has 0 aromatic heterocycles. The molecule has 1 N–H and O–H groups in total. The Bertz CT molecular complexity index is 379. The van der Waals surface area contributed by atoms with E-state index >= 15 is 0 Å². The number of carbonyl (C=O) groups is 3. The van der Waals surface area contributed by atoms with Gasteiger partial charge < -0.3 is 19.5 Å². The Morgan fingerprint density at radius 3 is 2.14 bits per heavy atom. The maximum absolute atomic E-state index is 11.8. The van der Waals surface area contributed by atoms with Crippen LogP contribution < -0.4 is 5.32 Å². The summed E-state index contributed by atoms with van der Waals surface area (Å²) in [6, 6.07) is -0.818. The molecule has 122 valence electrons. The highest BCUT2D eigenvalue weighted by molar-refractivity contribution is 6.14. The number of rotatable bonds is 6. The Morgan fingerprint density at radius 1 is 1.14 bits per heavy atom. The summed E-state index contributed by atoms with van der Waals surface area (Å²) in [6.07, 6.45) is -0.0559. The Hall–Kier alpha value is -1.57. The van der Waals surface area contributed by atoms with Gasteiger partial charge >= 0.3 is 18.0 Å². The molecule has 0 spiro atoms. The van der Waals surface area contributed by atoms with E-state index in [1.165, 1.54) is 14.2 Å². The number of methoxy groups -OCH3 is 2. The van der Waals surface area contributed by atoms with Gasteiger partial charge in [-0.2, -0.15) is 0 Å². The summed E-state index contributed by atoms with van der Waals surface area (Å²) in [5.74, 6) is -0.901. The zero-order valence-corrected chi connectivity index (χ0v) is 15.5. The topological polar surface area (TPSA) is 90.9 Å². The first-order valence-electron chi connectivity index (χ1n) is 6.75. The SMILES string of the molecule is COC(=O)CCC([SiH3])[C@H](NC(=O)OC(C)(C)C)C(=O)OC. The minimum absolute atomic E-state index is 0.163. The zero-order chi connectivity index (χ0) is 16.6. The number of carbonyl (C=O) groups excluding carboxylic acids is 3. The summed E-state index contributed by atoms with van der Waals surface area (Å²) in [5.41, 5.74) is -0.818. The molecule has 0 rings (SSSR count). The average molecular weight is 319 g/mol. The van der Waals surface area contributed by atoms with Gasteiger partial charge in [0.1, 0.15) is 11.6 Å². The van der Waals surface area contributed by atoms with Crippen molar-refractivity contribution in [3.05, 3.63) is 0 Å². The minimum Gasteiger partial charge on any atom is -0.469 e. The van der Waals surface area contributed by atoms with Gasteiger partial charge in [0.05, 0.1) is 14.2 Å². The number of alkyl carbamates (subject to hydrolysis) is 1. The third-order valence-electron chi connectivity index (χ3n) is 2.73. The van der Waals surface area contributed by atoms with Crippen LogP contribution in [-0.4, -0.2) is 54.1 Å². The predicted octanol–water partition coefficient (Wildman–Crippen LogP) is 0.160. The average Bonchev–Trinajstić information content (AvgIpc) is 2.38. The fourth-order valence-electron chi connectivity index (χ4n) is 1.61. The molecule has 0 heterocycles. The number of esters is 2. The second-order valence-electron chi connectivity index (χ2n) is 5.74. The first-order chi connectivity index (χ1) is 9.60. The molecule has 0 aromatic rings. The van der Waals surface area contributed by atoms with Crippen molar-refractivity contribution >= 4 is 28.3 Å². The highest BCUT2D eigenvalue weighted by atomic mass is 28.1. The standard InChI is InChI=1S/C13H25NO6Si/c1-13(2,3)20-12(17)14-10(11(16)19-5)8(21)6-7-9(15)18-4/h8,10H,6-7H2,1-5,21H3,(H,14,17)/t8?,10-/m0/s1. The van der Waals surface area contributed by atoms with Gasteiger partial charge in [-0.1, -0.05) is 0 Å². The van der Waals surface area contributed by atoms with E-state index in [0.717, 1.165) is 0 Å². The predicted molar refractivity (Wildman–Crippen MR) is 80.1 cm³/mol. The van der Waals surface area contributed by atoms with Gasteiger partial charge in [0.15, 0.2) is 0 Å². The van der Waals surface area contributed by atoms with E-state index in [2.05, 4.69) is 10.1 Å².